The monoisotopic (exact) mass is 357 g/mol. The van der Waals surface area contributed by atoms with Crippen LogP contribution in [-0.4, -0.2) is 22.0 Å². The van der Waals surface area contributed by atoms with E-state index in [-0.39, 0.29) is 5.25 Å². The first kappa shape index (κ1) is 16.2. The van der Waals surface area contributed by atoms with Crippen molar-refractivity contribution in [3.8, 4) is 0 Å². The Morgan fingerprint density at radius 3 is 2.50 bits per heavy atom. The lowest BCUT2D eigenvalue weighted by atomic mass is 9.80. The van der Waals surface area contributed by atoms with Gasteiger partial charge in [-0.15, -0.1) is 0 Å². The van der Waals surface area contributed by atoms with Gasteiger partial charge in [-0.1, -0.05) is 36.7 Å². The van der Waals surface area contributed by atoms with Crippen molar-refractivity contribution >= 4 is 26.7 Å². The number of halogens is 1. The SMILES string of the molecule is CCNC1CC(C)CC(C)C1S(=O)c1ccc(Br)cc1. The highest BCUT2D eigenvalue weighted by Crippen LogP contribution is 2.34. The van der Waals surface area contributed by atoms with Crippen molar-refractivity contribution in [1.29, 1.82) is 0 Å². The second-order valence-electron chi connectivity index (χ2n) is 5.93. The Kier molecular flexibility index (Phi) is 5.82. The summed E-state index contributed by atoms with van der Waals surface area (Å²) < 4.78 is 14.0. The maximum absolute atomic E-state index is 13.0. The van der Waals surface area contributed by atoms with E-state index in [0.29, 0.717) is 17.9 Å². The molecule has 2 rings (SSSR count). The van der Waals surface area contributed by atoms with Gasteiger partial charge in [-0.25, -0.2) is 0 Å². The Balaban J connectivity index is 2.22. The summed E-state index contributed by atoms with van der Waals surface area (Å²) in [6.07, 6.45) is 2.31. The van der Waals surface area contributed by atoms with Crippen LogP contribution in [-0.2, 0) is 10.8 Å². The molecule has 0 radical (unpaired) electrons. The van der Waals surface area contributed by atoms with Crippen LogP contribution in [0.5, 0.6) is 0 Å². The molecule has 5 unspecified atom stereocenters. The Morgan fingerprint density at radius 1 is 1.25 bits per heavy atom. The molecule has 1 N–H and O–H groups in total. The van der Waals surface area contributed by atoms with Gasteiger partial charge >= 0.3 is 0 Å². The minimum atomic E-state index is -0.938. The highest BCUT2D eigenvalue weighted by molar-refractivity contribution is 9.10. The molecule has 0 spiro atoms. The first-order chi connectivity index (χ1) is 9.52. The van der Waals surface area contributed by atoms with Crippen molar-refractivity contribution in [2.24, 2.45) is 11.8 Å². The van der Waals surface area contributed by atoms with Gasteiger partial charge in [0.25, 0.3) is 0 Å². The largest absolute Gasteiger partial charge is 0.313 e. The quantitative estimate of drug-likeness (QED) is 0.883. The summed E-state index contributed by atoms with van der Waals surface area (Å²) in [4.78, 5) is 0.947. The molecule has 1 aliphatic carbocycles. The van der Waals surface area contributed by atoms with E-state index in [9.17, 15) is 4.21 Å². The van der Waals surface area contributed by atoms with E-state index in [0.717, 1.165) is 22.3 Å². The van der Waals surface area contributed by atoms with Crippen molar-refractivity contribution in [3.63, 3.8) is 0 Å². The Bertz CT molecular complexity index is 462. The van der Waals surface area contributed by atoms with Gasteiger partial charge in [0.15, 0.2) is 0 Å². The number of hydrogen-bond acceptors (Lipinski definition) is 2. The van der Waals surface area contributed by atoms with Crippen LogP contribution in [0.2, 0.25) is 0 Å². The second-order valence-corrected chi connectivity index (χ2v) is 8.46. The molecule has 0 saturated heterocycles. The van der Waals surface area contributed by atoms with Crippen molar-refractivity contribution in [1.82, 2.24) is 5.32 Å². The fraction of sp³-hybridized carbons (Fsp3) is 0.625. The summed E-state index contributed by atoms with van der Waals surface area (Å²) >= 11 is 3.44. The van der Waals surface area contributed by atoms with Crippen molar-refractivity contribution < 1.29 is 4.21 Å². The average molecular weight is 358 g/mol. The molecule has 0 heterocycles. The first-order valence-electron chi connectivity index (χ1n) is 7.42. The third-order valence-electron chi connectivity index (χ3n) is 4.15. The van der Waals surface area contributed by atoms with Crippen molar-refractivity contribution in [2.75, 3.05) is 6.54 Å². The predicted octanol–water partition coefficient (Wildman–Crippen LogP) is 3.97. The third kappa shape index (κ3) is 3.71. The predicted molar refractivity (Wildman–Crippen MR) is 89.4 cm³/mol. The number of benzene rings is 1. The fourth-order valence-corrected chi connectivity index (χ4v) is 5.40. The summed E-state index contributed by atoms with van der Waals surface area (Å²) in [6.45, 7) is 7.63. The molecule has 0 amide bonds. The Morgan fingerprint density at radius 2 is 1.90 bits per heavy atom. The number of rotatable bonds is 4. The standard InChI is InChI=1S/C16H24BrNOS/c1-4-18-15-10-11(2)9-12(3)16(15)20(19)14-7-5-13(17)6-8-14/h5-8,11-12,15-16,18H,4,9-10H2,1-3H3. The topological polar surface area (TPSA) is 29.1 Å². The summed E-state index contributed by atoms with van der Waals surface area (Å²) in [5.41, 5.74) is 0. The molecule has 0 aliphatic heterocycles. The number of hydrogen-bond donors (Lipinski definition) is 1. The van der Waals surface area contributed by atoms with Crippen LogP contribution in [0.4, 0.5) is 0 Å². The van der Waals surface area contributed by atoms with E-state index >= 15 is 0 Å². The highest BCUT2D eigenvalue weighted by Gasteiger charge is 2.37. The summed E-state index contributed by atoms with van der Waals surface area (Å²) in [7, 11) is -0.938. The van der Waals surface area contributed by atoms with E-state index < -0.39 is 10.8 Å². The van der Waals surface area contributed by atoms with Crippen LogP contribution in [0, 0.1) is 11.8 Å². The van der Waals surface area contributed by atoms with Crippen LogP contribution in [0.15, 0.2) is 33.6 Å². The molecule has 1 aromatic rings. The highest BCUT2D eigenvalue weighted by atomic mass is 79.9. The molecule has 4 heteroatoms. The molecular formula is C16H24BrNOS. The van der Waals surface area contributed by atoms with Crippen LogP contribution in [0.3, 0.4) is 0 Å². The van der Waals surface area contributed by atoms with Gasteiger partial charge in [0.2, 0.25) is 0 Å². The van der Waals surface area contributed by atoms with Gasteiger partial charge in [0.05, 0.1) is 16.0 Å². The fourth-order valence-electron chi connectivity index (χ4n) is 3.38. The molecule has 2 nitrogen and oxygen atoms in total. The van der Waals surface area contributed by atoms with Gasteiger partial charge in [0.1, 0.15) is 0 Å². The van der Waals surface area contributed by atoms with Crippen molar-refractivity contribution in [2.45, 2.75) is 49.8 Å². The summed E-state index contributed by atoms with van der Waals surface area (Å²) in [5, 5.41) is 3.77. The smallest absolute Gasteiger partial charge is 0.0579 e. The molecule has 5 atom stereocenters. The van der Waals surface area contributed by atoms with E-state index in [1.807, 2.05) is 24.3 Å². The Hall–Kier alpha value is -0.190. The maximum atomic E-state index is 13.0. The molecule has 1 aromatic carbocycles. The van der Waals surface area contributed by atoms with Crippen molar-refractivity contribution in [3.05, 3.63) is 28.7 Å². The summed E-state index contributed by atoms with van der Waals surface area (Å²) in [5.74, 6) is 1.21. The molecule has 1 aliphatic rings. The normalized spacial score (nSPS) is 32.0. The minimum absolute atomic E-state index is 0.215. The molecule has 20 heavy (non-hydrogen) atoms. The van der Waals surface area contributed by atoms with Gasteiger partial charge in [0, 0.05) is 15.4 Å². The molecule has 1 fully saturated rings. The average Bonchev–Trinajstić information content (AvgIpc) is 2.38. The second kappa shape index (κ2) is 7.19. The summed E-state index contributed by atoms with van der Waals surface area (Å²) in [6, 6.07) is 8.28. The molecular weight excluding hydrogens is 334 g/mol. The van der Waals surface area contributed by atoms with E-state index in [1.54, 1.807) is 0 Å². The van der Waals surface area contributed by atoms with Crippen LogP contribution in [0.25, 0.3) is 0 Å². The van der Waals surface area contributed by atoms with Crippen LogP contribution in [0.1, 0.15) is 33.6 Å². The van der Waals surface area contributed by atoms with Crippen LogP contribution >= 0.6 is 15.9 Å². The minimum Gasteiger partial charge on any atom is -0.313 e. The molecule has 1 saturated carbocycles. The van der Waals surface area contributed by atoms with Gasteiger partial charge in [-0.05, 0) is 55.5 Å². The zero-order chi connectivity index (χ0) is 14.7. The van der Waals surface area contributed by atoms with E-state index in [1.165, 1.54) is 6.42 Å². The van der Waals surface area contributed by atoms with E-state index in [4.69, 9.17) is 0 Å². The van der Waals surface area contributed by atoms with Gasteiger partial charge in [-0.2, -0.15) is 0 Å². The zero-order valence-corrected chi connectivity index (χ0v) is 14.8. The lowest BCUT2D eigenvalue weighted by molar-refractivity contribution is 0.248. The molecule has 112 valence electrons. The van der Waals surface area contributed by atoms with Gasteiger partial charge < -0.3 is 5.32 Å². The zero-order valence-electron chi connectivity index (χ0n) is 12.4. The lowest BCUT2D eigenvalue weighted by Gasteiger charge is -2.39. The van der Waals surface area contributed by atoms with Gasteiger partial charge in [-0.3, -0.25) is 4.21 Å². The number of nitrogens with one attached hydrogen (secondary N) is 1. The van der Waals surface area contributed by atoms with Crippen LogP contribution < -0.4 is 5.32 Å². The van der Waals surface area contributed by atoms with E-state index in [2.05, 4.69) is 42.0 Å². The first-order valence-corrected chi connectivity index (χ1v) is 9.43. The molecule has 0 aromatic heterocycles. The Labute approximate surface area is 133 Å². The molecule has 0 bridgehead atoms. The maximum Gasteiger partial charge on any atom is 0.0579 e. The third-order valence-corrected chi connectivity index (χ3v) is 6.70. The lowest BCUT2D eigenvalue weighted by Crippen LogP contribution is -2.50.